The summed E-state index contributed by atoms with van der Waals surface area (Å²) in [7, 11) is 0. The SMILES string of the molecule is Br[C@H]1CCc2cc3ccccc3cc21. The third-order valence-corrected chi connectivity index (χ3v) is 3.96. The summed E-state index contributed by atoms with van der Waals surface area (Å²) in [6.45, 7) is 0. The predicted octanol–water partition coefficient (Wildman–Crippen LogP) is 4.22. The van der Waals surface area contributed by atoms with Crippen molar-refractivity contribution in [2.24, 2.45) is 0 Å². The second-order valence-electron chi connectivity index (χ2n) is 3.90. The molecule has 0 bridgehead atoms. The van der Waals surface area contributed by atoms with Gasteiger partial charge in [-0.3, -0.25) is 0 Å². The lowest BCUT2D eigenvalue weighted by Crippen LogP contribution is -1.84. The van der Waals surface area contributed by atoms with E-state index < -0.39 is 0 Å². The van der Waals surface area contributed by atoms with E-state index in [1.165, 1.54) is 34.7 Å². The lowest BCUT2D eigenvalue weighted by Gasteiger charge is -2.05. The molecule has 0 aliphatic heterocycles. The van der Waals surface area contributed by atoms with E-state index in [1.54, 1.807) is 0 Å². The average molecular weight is 247 g/mol. The van der Waals surface area contributed by atoms with E-state index >= 15 is 0 Å². The van der Waals surface area contributed by atoms with Crippen LogP contribution < -0.4 is 0 Å². The summed E-state index contributed by atoms with van der Waals surface area (Å²) in [6.07, 6.45) is 2.46. The highest BCUT2D eigenvalue weighted by Crippen LogP contribution is 2.39. The molecular weight excluding hydrogens is 236 g/mol. The van der Waals surface area contributed by atoms with Crippen LogP contribution in [-0.2, 0) is 6.42 Å². The van der Waals surface area contributed by atoms with Gasteiger partial charge in [-0.05, 0) is 40.8 Å². The third-order valence-electron chi connectivity index (χ3n) is 3.01. The molecule has 2 aromatic rings. The van der Waals surface area contributed by atoms with E-state index in [1.807, 2.05) is 0 Å². The standard InChI is InChI=1S/C13H11Br/c14-13-6-5-11-7-9-3-1-2-4-10(9)8-12(11)13/h1-4,7-8,13H,5-6H2/t13-/m0/s1. The van der Waals surface area contributed by atoms with Gasteiger partial charge in [-0.25, -0.2) is 0 Å². The van der Waals surface area contributed by atoms with Crippen LogP contribution in [0.1, 0.15) is 22.4 Å². The molecule has 0 heterocycles. The highest BCUT2D eigenvalue weighted by molar-refractivity contribution is 9.09. The summed E-state index contributed by atoms with van der Waals surface area (Å²) in [5.74, 6) is 0. The molecule has 0 saturated carbocycles. The molecule has 0 radical (unpaired) electrons. The van der Waals surface area contributed by atoms with Gasteiger partial charge in [-0.1, -0.05) is 46.3 Å². The molecule has 0 nitrogen and oxygen atoms in total. The normalized spacial score (nSPS) is 19.9. The van der Waals surface area contributed by atoms with Crippen LogP contribution in [0, 0.1) is 0 Å². The molecule has 1 aliphatic rings. The van der Waals surface area contributed by atoms with Gasteiger partial charge in [-0.15, -0.1) is 0 Å². The van der Waals surface area contributed by atoms with Gasteiger partial charge in [0.1, 0.15) is 0 Å². The van der Waals surface area contributed by atoms with Crippen LogP contribution in [0.2, 0.25) is 0 Å². The molecule has 1 heteroatoms. The van der Waals surface area contributed by atoms with Gasteiger partial charge in [0.2, 0.25) is 0 Å². The maximum absolute atomic E-state index is 3.72. The van der Waals surface area contributed by atoms with Gasteiger partial charge in [0, 0.05) is 4.83 Å². The van der Waals surface area contributed by atoms with Gasteiger partial charge in [0.15, 0.2) is 0 Å². The lowest BCUT2D eigenvalue weighted by molar-refractivity contribution is 0.904. The molecule has 0 saturated heterocycles. The monoisotopic (exact) mass is 246 g/mol. The van der Waals surface area contributed by atoms with Crippen LogP contribution in [0.5, 0.6) is 0 Å². The number of rotatable bonds is 0. The Morgan fingerprint density at radius 1 is 1.07 bits per heavy atom. The number of hydrogen-bond acceptors (Lipinski definition) is 0. The molecule has 1 aliphatic carbocycles. The van der Waals surface area contributed by atoms with E-state index in [4.69, 9.17) is 0 Å². The Morgan fingerprint density at radius 2 is 1.79 bits per heavy atom. The third kappa shape index (κ3) is 1.19. The molecule has 0 N–H and O–H groups in total. The lowest BCUT2D eigenvalue weighted by atomic mass is 10.0. The minimum atomic E-state index is 0.571. The Bertz CT molecular complexity index is 488. The zero-order valence-corrected chi connectivity index (χ0v) is 9.42. The number of benzene rings is 2. The quantitative estimate of drug-likeness (QED) is 0.611. The number of fused-ring (bicyclic) bond motifs is 2. The summed E-state index contributed by atoms with van der Waals surface area (Å²) >= 11 is 3.72. The van der Waals surface area contributed by atoms with E-state index in [9.17, 15) is 0 Å². The van der Waals surface area contributed by atoms with Crippen LogP contribution in [0.3, 0.4) is 0 Å². The number of hydrogen-bond donors (Lipinski definition) is 0. The van der Waals surface area contributed by atoms with Crippen LogP contribution in [0.25, 0.3) is 10.8 Å². The molecule has 2 aromatic carbocycles. The van der Waals surface area contributed by atoms with Crippen molar-refractivity contribution < 1.29 is 0 Å². The first-order chi connectivity index (χ1) is 6.84. The van der Waals surface area contributed by atoms with Gasteiger partial charge >= 0.3 is 0 Å². The molecule has 0 unspecified atom stereocenters. The summed E-state index contributed by atoms with van der Waals surface area (Å²) in [4.78, 5) is 0.571. The van der Waals surface area contributed by atoms with Crippen molar-refractivity contribution in [2.45, 2.75) is 17.7 Å². The largest absolute Gasteiger partial charge is 0.0839 e. The number of halogens is 1. The molecule has 0 fully saturated rings. The van der Waals surface area contributed by atoms with Gasteiger partial charge < -0.3 is 0 Å². The van der Waals surface area contributed by atoms with E-state index in [0.29, 0.717) is 4.83 Å². The Balaban J connectivity index is 2.33. The van der Waals surface area contributed by atoms with Crippen molar-refractivity contribution in [3.05, 3.63) is 47.5 Å². The summed E-state index contributed by atoms with van der Waals surface area (Å²) in [5.41, 5.74) is 3.01. The molecule has 0 spiro atoms. The van der Waals surface area contributed by atoms with E-state index in [0.717, 1.165) is 0 Å². The van der Waals surface area contributed by atoms with Crippen molar-refractivity contribution in [1.29, 1.82) is 0 Å². The molecule has 0 amide bonds. The molecule has 1 atom stereocenters. The average Bonchev–Trinajstić information content (AvgIpc) is 2.57. The second kappa shape index (κ2) is 3.09. The fourth-order valence-electron chi connectivity index (χ4n) is 2.25. The smallest absolute Gasteiger partial charge is 0.0401 e. The second-order valence-corrected chi connectivity index (χ2v) is 5.01. The minimum absolute atomic E-state index is 0.571. The van der Waals surface area contributed by atoms with Gasteiger partial charge in [-0.2, -0.15) is 0 Å². The minimum Gasteiger partial charge on any atom is -0.0839 e. The highest BCUT2D eigenvalue weighted by atomic mass is 79.9. The summed E-state index contributed by atoms with van der Waals surface area (Å²) in [6, 6.07) is 13.3. The number of alkyl halides is 1. The molecule has 3 rings (SSSR count). The van der Waals surface area contributed by atoms with Crippen molar-refractivity contribution >= 4 is 26.7 Å². The van der Waals surface area contributed by atoms with Crippen molar-refractivity contribution in [1.82, 2.24) is 0 Å². The van der Waals surface area contributed by atoms with E-state index in [2.05, 4.69) is 52.3 Å². The van der Waals surface area contributed by atoms with Crippen LogP contribution in [-0.4, -0.2) is 0 Å². The van der Waals surface area contributed by atoms with Crippen LogP contribution in [0.4, 0.5) is 0 Å². The number of aryl methyl sites for hydroxylation is 1. The fourth-order valence-corrected chi connectivity index (χ4v) is 2.91. The van der Waals surface area contributed by atoms with Crippen molar-refractivity contribution in [3.63, 3.8) is 0 Å². The first kappa shape index (κ1) is 8.49. The Hall–Kier alpha value is -0.820. The molecule has 70 valence electrons. The first-order valence-electron chi connectivity index (χ1n) is 5.00. The van der Waals surface area contributed by atoms with Crippen molar-refractivity contribution in [3.8, 4) is 0 Å². The summed E-state index contributed by atoms with van der Waals surface area (Å²) < 4.78 is 0. The predicted molar refractivity (Wildman–Crippen MR) is 63.9 cm³/mol. The molecule has 0 aromatic heterocycles. The van der Waals surface area contributed by atoms with Crippen molar-refractivity contribution in [2.75, 3.05) is 0 Å². The van der Waals surface area contributed by atoms with Crippen LogP contribution >= 0.6 is 15.9 Å². The summed E-state index contributed by atoms with van der Waals surface area (Å²) in [5, 5.41) is 2.73. The van der Waals surface area contributed by atoms with E-state index in [-0.39, 0.29) is 0 Å². The van der Waals surface area contributed by atoms with Gasteiger partial charge in [0.25, 0.3) is 0 Å². The Kier molecular flexibility index (Phi) is 1.88. The zero-order chi connectivity index (χ0) is 9.54. The maximum atomic E-state index is 3.72. The maximum Gasteiger partial charge on any atom is 0.0401 e. The first-order valence-corrected chi connectivity index (χ1v) is 5.92. The van der Waals surface area contributed by atoms with Crippen LogP contribution in [0.15, 0.2) is 36.4 Å². The molecular formula is C13H11Br. The fraction of sp³-hybridized carbons (Fsp3) is 0.231. The topological polar surface area (TPSA) is 0 Å². The zero-order valence-electron chi connectivity index (χ0n) is 7.83. The molecule has 14 heavy (non-hydrogen) atoms. The highest BCUT2D eigenvalue weighted by Gasteiger charge is 2.19. The Morgan fingerprint density at radius 3 is 2.57 bits per heavy atom. The van der Waals surface area contributed by atoms with Gasteiger partial charge in [0.05, 0.1) is 0 Å². The Labute approximate surface area is 92.1 Å².